The maximum atomic E-state index is 3.86. The first-order chi connectivity index (χ1) is 7.94. The maximum absolute atomic E-state index is 3.86. The third kappa shape index (κ3) is 3.03. The van der Waals surface area contributed by atoms with E-state index in [1.165, 1.54) is 51.5 Å². The topological polar surface area (TPSA) is 15.3 Å². The van der Waals surface area contributed by atoms with Gasteiger partial charge in [0.15, 0.2) is 0 Å². The molecule has 1 N–H and O–H groups in total. The Balaban J connectivity index is 1.81. The summed E-state index contributed by atoms with van der Waals surface area (Å²) in [7, 11) is 4.48. The fourth-order valence-corrected chi connectivity index (χ4v) is 3.57. The first-order valence-electron chi connectivity index (χ1n) is 7.34. The van der Waals surface area contributed by atoms with Crippen molar-refractivity contribution in [2.75, 3.05) is 20.6 Å². The van der Waals surface area contributed by atoms with E-state index < -0.39 is 0 Å². The Kier molecular flexibility index (Phi) is 3.84. The van der Waals surface area contributed by atoms with E-state index in [2.05, 4.69) is 38.2 Å². The van der Waals surface area contributed by atoms with Crippen molar-refractivity contribution in [1.29, 1.82) is 0 Å². The Morgan fingerprint density at radius 3 is 2.29 bits per heavy atom. The molecule has 2 nitrogen and oxygen atoms in total. The highest BCUT2D eigenvalue weighted by molar-refractivity contribution is 4.98. The molecule has 2 aliphatic carbocycles. The predicted octanol–water partition coefficient (Wildman–Crippen LogP) is 3.03. The summed E-state index contributed by atoms with van der Waals surface area (Å²) in [5, 5.41) is 3.86. The van der Waals surface area contributed by atoms with Crippen LogP contribution in [0.4, 0.5) is 0 Å². The van der Waals surface area contributed by atoms with Crippen molar-refractivity contribution in [2.45, 2.75) is 70.4 Å². The minimum atomic E-state index is 0.474. The fourth-order valence-electron chi connectivity index (χ4n) is 3.57. The van der Waals surface area contributed by atoms with E-state index in [9.17, 15) is 0 Å². The molecule has 0 bridgehead atoms. The van der Waals surface area contributed by atoms with Crippen LogP contribution >= 0.6 is 0 Å². The van der Waals surface area contributed by atoms with E-state index in [0.717, 1.165) is 6.04 Å². The third-order valence-corrected chi connectivity index (χ3v) is 5.16. The molecule has 100 valence electrons. The van der Waals surface area contributed by atoms with Crippen molar-refractivity contribution >= 4 is 0 Å². The van der Waals surface area contributed by atoms with E-state index in [0.29, 0.717) is 11.0 Å². The largest absolute Gasteiger partial charge is 0.312 e. The van der Waals surface area contributed by atoms with Crippen molar-refractivity contribution < 1.29 is 0 Å². The molecule has 0 aromatic rings. The Hall–Kier alpha value is -0.0800. The SMILES string of the molecule is CN(C)C1(CNC2CCCC(C)(C)C2)CCC1. The summed E-state index contributed by atoms with van der Waals surface area (Å²) in [4.78, 5) is 2.44. The lowest BCUT2D eigenvalue weighted by Crippen LogP contribution is -2.58. The van der Waals surface area contributed by atoms with Crippen LogP contribution in [0.25, 0.3) is 0 Å². The van der Waals surface area contributed by atoms with Crippen LogP contribution in [0.3, 0.4) is 0 Å². The molecule has 17 heavy (non-hydrogen) atoms. The van der Waals surface area contributed by atoms with Gasteiger partial charge in [-0.1, -0.05) is 20.3 Å². The van der Waals surface area contributed by atoms with Crippen molar-refractivity contribution in [1.82, 2.24) is 10.2 Å². The second kappa shape index (κ2) is 4.89. The second-order valence-electron chi connectivity index (χ2n) is 7.31. The minimum Gasteiger partial charge on any atom is -0.312 e. The van der Waals surface area contributed by atoms with Gasteiger partial charge in [-0.3, -0.25) is 0 Å². The van der Waals surface area contributed by atoms with E-state index in [1.54, 1.807) is 0 Å². The molecule has 0 saturated heterocycles. The molecule has 2 rings (SSSR count). The Labute approximate surface area is 107 Å². The monoisotopic (exact) mass is 238 g/mol. The zero-order chi connectivity index (χ0) is 12.5. The molecule has 2 saturated carbocycles. The number of hydrogen-bond acceptors (Lipinski definition) is 2. The highest BCUT2D eigenvalue weighted by Gasteiger charge is 2.39. The highest BCUT2D eigenvalue weighted by Crippen LogP contribution is 2.38. The lowest BCUT2D eigenvalue weighted by molar-refractivity contribution is 0.0520. The third-order valence-electron chi connectivity index (χ3n) is 5.16. The summed E-state index contributed by atoms with van der Waals surface area (Å²) in [5.41, 5.74) is 1.03. The number of rotatable bonds is 4. The zero-order valence-electron chi connectivity index (χ0n) is 12.2. The van der Waals surface area contributed by atoms with Crippen LogP contribution in [0.1, 0.15) is 58.8 Å². The molecule has 1 atom stereocenters. The lowest BCUT2D eigenvalue weighted by atomic mass is 9.73. The van der Waals surface area contributed by atoms with Gasteiger partial charge in [0, 0.05) is 18.1 Å². The van der Waals surface area contributed by atoms with Gasteiger partial charge in [-0.2, -0.15) is 0 Å². The number of nitrogens with zero attached hydrogens (tertiary/aromatic N) is 1. The van der Waals surface area contributed by atoms with Gasteiger partial charge in [0.1, 0.15) is 0 Å². The lowest BCUT2D eigenvalue weighted by Gasteiger charge is -2.49. The van der Waals surface area contributed by atoms with Gasteiger partial charge in [0.05, 0.1) is 0 Å². The summed E-state index contributed by atoms with van der Waals surface area (Å²) in [6, 6.07) is 0.760. The molecule has 0 radical (unpaired) electrons. The normalized spacial score (nSPS) is 31.2. The van der Waals surface area contributed by atoms with Crippen LogP contribution in [0.15, 0.2) is 0 Å². The molecule has 0 aliphatic heterocycles. The Bertz CT molecular complexity index is 254. The van der Waals surface area contributed by atoms with Crippen LogP contribution in [0, 0.1) is 5.41 Å². The summed E-state index contributed by atoms with van der Waals surface area (Å²) < 4.78 is 0. The minimum absolute atomic E-state index is 0.474. The van der Waals surface area contributed by atoms with Gasteiger partial charge < -0.3 is 10.2 Å². The smallest absolute Gasteiger partial charge is 0.0328 e. The molecule has 2 fully saturated rings. The summed E-state index contributed by atoms with van der Waals surface area (Å²) >= 11 is 0. The molecule has 2 heteroatoms. The molecular weight excluding hydrogens is 208 g/mol. The summed E-state index contributed by atoms with van der Waals surface area (Å²) in [5.74, 6) is 0. The number of likely N-dealkylation sites (N-methyl/N-ethyl adjacent to an activating group) is 1. The van der Waals surface area contributed by atoms with Crippen molar-refractivity contribution in [2.24, 2.45) is 5.41 Å². The molecule has 0 amide bonds. The first kappa shape index (κ1) is 13.4. The van der Waals surface area contributed by atoms with Gasteiger partial charge in [0.25, 0.3) is 0 Å². The van der Waals surface area contributed by atoms with Gasteiger partial charge in [0.2, 0.25) is 0 Å². The molecule has 0 aromatic carbocycles. The van der Waals surface area contributed by atoms with Crippen molar-refractivity contribution in [3.8, 4) is 0 Å². The van der Waals surface area contributed by atoms with Crippen molar-refractivity contribution in [3.05, 3.63) is 0 Å². The van der Waals surface area contributed by atoms with E-state index >= 15 is 0 Å². The predicted molar refractivity (Wildman–Crippen MR) is 74.3 cm³/mol. The molecule has 0 spiro atoms. The first-order valence-corrected chi connectivity index (χ1v) is 7.34. The van der Waals surface area contributed by atoms with E-state index in [-0.39, 0.29) is 0 Å². The fraction of sp³-hybridized carbons (Fsp3) is 1.00. The van der Waals surface area contributed by atoms with Gasteiger partial charge in [-0.05, 0) is 58.0 Å². The maximum Gasteiger partial charge on any atom is 0.0328 e. The van der Waals surface area contributed by atoms with Crippen LogP contribution in [-0.2, 0) is 0 Å². The standard InChI is InChI=1S/C15H30N2/c1-14(2)8-5-7-13(11-14)16-12-15(17(3)4)9-6-10-15/h13,16H,5-12H2,1-4H3. The van der Waals surface area contributed by atoms with E-state index in [4.69, 9.17) is 0 Å². The Morgan fingerprint density at radius 2 is 1.82 bits per heavy atom. The quantitative estimate of drug-likeness (QED) is 0.810. The zero-order valence-corrected chi connectivity index (χ0v) is 12.2. The van der Waals surface area contributed by atoms with Gasteiger partial charge in [-0.15, -0.1) is 0 Å². The van der Waals surface area contributed by atoms with Gasteiger partial charge >= 0.3 is 0 Å². The Morgan fingerprint density at radius 1 is 1.12 bits per heavy atom. The number of nitrogens with one attached hydrogen (secondary N) is 1. The molecule has 0 heterocycles. The number of hydrogen-bond donors (Lipinski definition) is 1. The average molecular weight is 238 g/mol. The molecule has 1 unspecified atom stereocenters. The van der Waals surface area contributed by atoms with Crippen molar-refractivity contribution in [3.63, 3.8) is 0 Å². The summed E-state index contributed by atoms with van der Waals surface area (Å²) in [6.07, 6.45) is 9.72. The van der Waals surface area contributed by atoms with Gasteiger partial charge in [-0.25, -0.2) is 0 Å². The van der Waals surface area contributed by atoms with Crippen LogP contribution in [0.5, 0.6) is 0 Å². The molecule has 0 aromatic heterocycles. The molecule has 2 aliphatic rings. The average Bonchev–Trinajstić information content (AvgIpc) is 2.13. The van der Waals surface area contributed by atoms with Crippen LogP contribution in [0.2, 0.25) is 0 Å². The second-order valence-corrected chi connectivity index (χ2v) is 7.31. The van der Waals surface area contributed by atoms with E-state index in [1.807, 2.05) is 0 Å². The highest BCUT2D eigenvalue weighted by atomic mass is 15.2. The van der Waals surface area contributed by atoms with Crippen LogP contribution < -0.4 is 5.32 Å². The van der Waals surface area contributed by atoms with Crippen LogP contribution in [-0.4, -0.2) is 37.1 Å². The molecular formula is C15H30N2. The summed E-state index contributed by atoms with van der Waals surface area (Å²) in [6.45, 7) is 6.04.